The van der Waals surface area contributed by atoms with Crippen LogP contribution in [0.2, 0.25) is 0 Å². The Morgan fingerprint density at radius 1 is 1.29 bits per heavy atom. The lowest BCUT2D eigenvalue weighted by Gasteiger charge is -2.39. The normalized spacial score (nSPS) is 25.1. The van der Waals surface area contributed by atoms with Gasteiger partial charge in [-0.3, -0.25) is 0 Å². The van der Waals surface area contributed by atoms with Gasteiger partial charge in [0.1, 0.15) is 28.9 Å². The lowest BCUT2D eigenvalue weighted by atomic mass is 9.81. The highest BCUT2D eigenvalue weighted by molar-refractivity contribution is 6.27. The molecule has 10 heteroatoms. The van der Waals surface area contributed by atoms with E-state index < -0.39 is 23.0 Å². The molecule has 2 fully saturated rings. The molecule has 1 aromatic heterocycles. The van der Waals surface area contributed by atoms with Gasteiger partial charge in [0.2, 0.25) is 0 Å². The third-order valence-electron chi connectivity index (χ3n) is 6.58. The number of carbonyl (C=O) groups is 1. The van der Waals surface area contributed by atoms with Crippen LogP contribution in [0.1, 0.15) is 17.5 Å². The first-order chi connectivity index (χ1) is 16.9. The Morgan fingerprint density at radius 3 is 2.80 bits per heavy atom. The Labute approximate surface area is 207 Å². The van der Waals surface area contributed by atoms with Gasteiger partial charge in [0.25, 0.3) is 0 Å². The van der Waals surface area contributed by atoms with E-state index in [1.54, 1.807) is 30.5 Å². The second-order valence-electron chi connectivity index (χ2n) is 8.64. The summed E-state index contributed by atoms with van der Waals surface area (Å²) in [5, 5.41) is 13.8. The third-order valence-corrected chi connectivity index (χ3v) is 7.11. The van der Waals surface area contributed by atoms with Crippen molar-refractivity contribution < 1.29 is 23.8 Å². The number of hydrogen-bond donors (Lipinski definition) is 2. The first-order valence-electron chi connectivity index (χ1n) is 11.4. The number of para-hydroxylation sites is 1. The maximum atomic E-state index is 16.0. The number of phenols is 1. The number of nitrogens with one attached hydrogen (secondary N) is 1. The zero-order valence-corrected chi connectivity index (χ0v) is 20.0. The summed E-state index contributed by atoms with van der Waals surface area (Å²) < 4.78 is 26.6. The van der Waals surface area contributed by atoms with E-state index in [0.29, 0.717) is 16.7 Å². The molecular weight excluding hydrogens is 475 g/mol. The Hall–Kier alpha value is -3.14. The zero-order chi connectivity index (χ0) is 24.6. The minimum absolute atomic E-state index is 0.0144. The maximum Gasteiger partial charge on any atom is 0.416 e. The SMILES string of the molecule is CO[C@H]1COC(=O)N1C1=C(F)C=C(c2ccccc2O)CC1(Cl)c1ccnc(N2CCNCC2)c1. The largest absolute Gasteiger partial charge is 0.507 e. The number of hydrogen-bond acceptors (Lipinski definition) is 7. The number of carbonyl (C=O) groups excluding carboxylic acids is 1. The molecule has 2 saturated heterocycles. The monoisotopic (exact) mass is 500 g/mol. The average molecular weight is 501 g/mol. The van der Waals surface area contributed by atoms with Crippen molar-refractivity contribution in [1.29, 1.82) is 0 Å². The molecule has 8 nitrogen and oxygen atoms in total. The summed E-state index contributed by atoms with van der Waals surface area (Å²) in [6, 6.07) is 10.3. The minimum atomic E-state index is -1.50. The van der Waals surface area contributed by atoms with Gasteiger partial charge in [-0.05, 0) is 35.4 Å². The van der Waals surface area contributed by atoms with Crippen LogP contribution in [0.4, 0.5) is 15.0 Å². The summed E-state index contributed by atoms with van der Waals surface area (Å²) in [6.07, 6.45) is 1.50. The fourth-order valence-electron chi connectivity index (χ4n) is 4.82. The van der Waals surface area contributed by atoms with Crippen molar-refractivity contribution in [3.05, 3.63) is 71.3 Å². The van der Waals surface area contributed by atoms with Crippen molar-refractivity contribution in [3.63, 3.8) is 0 Å². The van der Waals surface area contributed by atoms with Crippen LogP contribution in [0.25, 0.3) is 5.57 Å². The Bertz CT molecular complexity index is 1200. The molecule has 1 amide bonds. The topological polar surface area (TPSA) is 87.2 Å². The summed E-state index contributed by atoms with van der Waals surface area (Å²) in [4.78, 5) is 19.0. The highest BCUT2D eigenvalue weighted by atomic mass is 35.5. The van der Waals surface area contributed by atoms with E-state index >= 15 is 4.39 Å². The van der Waals surface area contributed by atoms with Crippen molar-refractivity contribution in [2.24, 2.45) is 0 Å². The molecular formula is C25H26ClFN4O4. The van der Waals surface area contributed by atoms with Crippen LogP contribution in [0, 0.1) is 0 Å². The standard InChI is InChI=1S/C25H26ClFN4O4/c1-34-22-15-35-24(33)31(22)23-19(27)12-16(18-4-2-3-5-20(18)32)14-25(23,26)17-6-7-29-21(13-17)30-10-8-28-9-11-30/h2-7,12-13,22,28,32H,8-11,14-15H2,1H3/t22-,25?/m0/s1. The van der Waals surface area contributed by atoms with Crippen LogP contribution in [0.3, 0.4) is 0 Å². The molecule has 3 aliphatic rings. The molecule has 0 spiro atoms. The Kier molecular flexibility index (Phi) is 6.39. The van der Waals surface area contributed by atoms with Crippen molar-refractivity contribution in [3.8, 4) is 5.75 Å². The van der Waals surface area contributed by atoms with Gasteiger partial charge < -0.3 is 24.8 Å². The van der Waals surface area contributed by atoms with E-state index in [1.807, 2.05) is 6.07 Å². The average Bonchev–Trinajstić information content (AvgIpc) is 3.24. The number of allylic oxidation sites excluding steroid dienone is 4. The number of methoxy groups -OCH3 is 1. The molecule has 2 N–H and O–H groups in total. The van der Waals surface area contributed by atoms with Gasteiger partial charge in [0.15, 0.2) is 6.23 Å². The molecule has 0 radical (unpaired) electrons. The molecule has 2 atom stereocenters. The quantitative estimate of drug-likeness (QED) is 0.605. The number of alkyl halides is 1. The molecule has 1 aromatic carbocycles. The van der Waals surface area contributed by atoms with Gasteiger partial charge in [-0.15, -0.1) is 11.6 Å². The second-order valence-corrected chi connectivity index (χ2v) is 9.28. The number of halogens is 2. The van der Waals surface area contributed by atoms with Crippen molar-refractivity contribution in [1.82, 2.24) is 15.2 Å². The highest BCUT2D eigenvalue weighted by Gasteiger charge is 2.50. The van der Waals surface area contributed by atoms with Crippen LogP contribution in [-0.4, -0.2) is 67.2 Å². The smallest absolute Gasteiger partial charge is 0.416 e. The molecule has 1 unspecified atom stereocenters. The number of benzene rings is 1. The number of aromatic hydroxyl groups is 1. The fraction of sp³-hybridized carbons (Fsp3) is 0.360. The summed E-state index contributed by atoms with van der Waals surface area (Å²) in [5.74, 6) is 0.0290. The summed E-state index contributed by atoms with van der Waals surface area (Å²) in [6.45, 7) is 3.16. The lowest BCUT2D eigenvalue weighted by Crippen LogP contribution is -2.44. The number of aromatic nitrogens is 1. The summed E-state index contributed by atoms with van der Waals surface area (Å²) >= 11 is 7.35. The molecule has 3 heterocycles. The van der Waals surface area contributed by atoms with Gasteiger partial charge in [0.05, 0.1) is 5.70 Å². The second kappa shape index (κ2) is 9.49. The van der Waals surface area contributed by atoms with E-state index in [-0.39, 0.29) is 24.5 Å². The molecule has 5 rings (SSSR count). The minimum Gasteiger partial charge on any atom is -0.507 e. The molecule has 184 valence electrons. The van der Waals surface area contributed by atoms with Crippen LogP contribution in [0.15, 0.2) is 60.2 Å². The first kappa shape index (κ1) is 23.6. The van der Waals surface area contributed by atoms with Crippen LogP contribution >= 0.6 is 11.6 Å². The van der Waals surface area contributed by atoms with E-state index in [9.17, 15) is 9.90 Å². The Morgan fingerprint density at radius 2 is 2.06 bits per heavy atom. The van der Waals surface area contributed by atoms with Crippen LogP contribution in [0.5, 0.6) is 5.75 Å². The van der Waals surface area contributed by atoms with Gasteiger partial charge in [0, 0.05) is 51.5 Å². The maximum absolute atomic E-state index is 16.0. The van der Waals surface area contributed by atoms with Gasteiger partial charge in [-0.25, -0.2) is 19.1 Å². The molecule has 2 aromatic rings. The summed E-state index contributed by atoms with van der Waals surface area (Å²) in [7, 11) is 1.43. The lowest BCUT2D eigenvalue weighted by molar-refractivity contribution is 0.0230. The van der Waals surface area contributed by atoms with Crippen molar-refractivity contribution >= 4 is 29.1 Å². The van der Waals surface area contributed by atoms with Crippen molar-refractivity contribution in [2.75, 3.05) is 44.8 Å². The molecule has 2 aliphatic heterocycles. The highest BCUT2D eigenvalue weighted by Crippen LogP contribution is 2.52. The van der Waals surface area contributed by atoms with Gasteiger partial charge in [-0.2, -0.15) is 0 Å². The predicted molar refractivity (Wildman–Crippen MR) is 130 cm³/mol. The Balaban J connectivity index is 1.65. The predicted octanol–water partition coefficient (Wildman–Crippen LogP) is 3.72. The number of amides is 1. The molecule has 1 aliphatic carbocycles. The number of rotatable bonds is 5. The van der Waals surface area contributed by atoms with Crippen LogP contribution in [-0.2, 0) is 14.3 Å². The van der Waals surface area contributed by atoms with Gasteiger partial charge in [-0.1, -0.05) is 18.2 Å². The molecule has 0 bridgehead atoms. The first-order valence-corrected chi connectivity index (χ1v) is 11.8. The fourth-order valence-corrected chi connectivity index (χ4v) is 5.26. The number of cyclic esters (lactones) is 1. The molecule has 35 heavy (non-hydrogen) atoms. The number of nitrogens with zero attached hydrogens (tertiary/aromatic N) is 3. The summed E-state index contributed by atoms with van der Waals surface area (Å²) in [5.41, 5.74) is 1.49. The van der Waals surface area contributed by atoms with E-state index in [1.165, 1.54) is 19.3 Å². The van der Waals surface area contributed by atoms with Crippen LogP contribution < -0.4 is 10.2 Å². The third kappa shape index (κ3) is 4.24. The number of piperazine rings is 1. The zero-order valence-electron chi connectivity index (χ0n) is 19.2. The van der Waals surface area contributed by atoms with E-state index in [4.69, 9.17) is 21.1 Å². The van der Waals surface area contributed by atoms with E-state index in [2.05, 4.69) is 15.2 Å². The molecule has 0 saturated carbocycles. The van der Waals surface area contributed by atoms with Gasteiger partial charge >= 0.3 is 6.09 Å². The number of anilines is 1. The number of phenolic OH excluding ortho intramolecular Hbond substituents is 1. The number of ether oxygens (including phenoxy) is 2. The van der Waals surface area contributed by atoms with Crippen molar-refractivity contribution in [2.45, 2.75) is 17.5 Å². The van der Waals surface area contributed by atoms with E-state index in [0.717, 1.165) is 36.9 Å². The number of pyridine rings is 1.